The van der Waals surface area contributed by atoms with Gasteiger partial charge in [0.05, 0.1) is 5.83 Å². The van der Waals surface area contributed by atoms with Gasteiger partial charge in [0.1, 0.15) is 0 Å². The molecule has 0 aromatic rings. The van der Waals surface area contributed by atoms with Crippen molar-refractivity contribution in [2.45, 2.75) is 72.6 Å². The molecule has 6 atom stereocenters. The molecule has 0 aromatic carbocycles. The van der Waals surface area contributed by atoms with Crippen LogP contribution in [0.15, 0.2) is 23.0 Å². The third-order valence-corrected chi connectivity index (χ3v) is 8.51. The lowest BCUT2D eigenvalue weighted by molar-refractivity contribution is -0.117. The SMILES string of the molecule is C/C(F)=C1/CCC2C3C(C)CC4=CC(=O)CC[C@]4(C)C3CC[C@]12C. The lowest BCUT2D eigenvalue weighted by Crippen LogP contribution is -2.52. The van der Waals surface area contributed by atoms with Gasteiger partial charge in [-0.15, -0.1) is 0 Å². The van der Waals surface area contributed by atoms with E-state index in [9.17, 15) is 9.18 Å². The van der Waals surface area contributed by atoms with Gasteiger partial charge in [0.15, 0.2) is 5.78 Å². The number of hydrogen-bond donors (Lipinski definition) is 0. The highest BCUT2D eigenvalue weighted by Gasteiger charge is 2.59. The van der Waals surface area contributed by atoms with Crippen LogP contribution in [0.4, 0.5) is 4.39 Å². The molecule has 3 fully saturated rings. The van der Waals surface area contributed by atoms with E-state index < -0.39 is 0 Å². The first-order valence-corrected chi connectivity index (χ1v) is 9.87. The molecule has 4 unspecified atom stereocenters. The van der Waals surface area contributed by atoms with Crippen LogP contribution < -0.4 is 0 Å². The number of halogens is 1. The number of carbonyl (C=O) groups is 1. The highest BCUT2D eigenvalue weighted by Crippen LogP contribution is 2.67. The maximum absolute atomic E-state index is 14.2. The van der Waals surface area contributed by atoms with Crippen LogP contribution in [0.25, 0.3) is 0 Å². The van der Waals surface area contributed by atoms with E-state index in [0.717, 1.165) is 37.7 Å². The zero-order chi connectivity index (χ0) is 17.3. The van der Waals surface area contributed by atoms with E-state index in [1.807, 2.05) is 6.08 Å². The third kappa shape index (κ3) is 2.07. The van der Waals surface area contributed by atoms with Gasteiger partial charge in [-0.05, 0) is 91.6 Å². The molecule has 0 spiro atoms. The van der Waals surface area contributed by atoms with E-state index in [0.29, 0.717) is 35.9 Å². The van der Waals surface area contributed by atoms with E-state index in [1.54, 1.807) is 6.92 Å². The fourth-order valence-electron chi connectivity index (χ4n) is 7.29. The van der Waals surface area contributed by atoms with Gasteiger partial charge in [-0.2, -0.15) is 0 Å². The predicted molar refractivity (Wildman–Crippen MR) is 95.1 cm³/mol. The van der Waals surface area contributed by atoms with Crippen molar-refractivity contribution in [3.05, 3.63) is 23.0 Å². The Kier molecular flexibility index (Phi) is 3.64. The molecule has 0 saturated heterocycles. The van der Waals surface area contributed by atoms with Crippen LogP contribution in [-0.4, -0.2) is 5.78 Å². The van der Waals surface area contributed by atoms with Gasteiger partial charge in [0, 0.05) is 6.42 Å². The summed E-state index contributed by atoms with van der Waals surface area (Å²) >= 11 is 0. The second-order valence-electron chi connectivity index (χ2n) is 9.53. The van der Waals surface area contributed by atoms with Gasteiger partial charge in [-0.1, -0.05) is 26.3 Å². The lowest BCUT2D eigenvalue weighted by Gasteiger charge is -2.59. The Hall–Kier alpha value is -0.920. The zero-order valence-corrected chi connectivity index (χ0v) is 15.6. The van der Waals surface area contributed by atoms with Crippen molar-refractivity contribution in [3.8, 4) is 0 Å². The Morgan fingerprint density at radius 1 is 1.12 bits per heavy atom. The van der Waals surface area contributed by atoms with Gasteiger partial charge < -0.3 is 0 Å². The number of carbonyl (C=O) groups excluding carboxylic acids is 1. The van der Waals surface area contributed by atoms with Gasteiger partial charge in [0.2, 0.25) is 0 Å². The summed E-state index contributed by atoms with van der Waals surface area (Å²) in [6.45, 7) is 8.80. The molecular formula is C22H31FO. The van der Waals surface area contributed by atoms with Crippen molar-refractivity contribution in [1.29, 1.82) is 0 Å². The first kappa shape index (κ1) is 16.5. The first-order chi connectivity index (χ1) is 11.3. The Morgan fingerprint density at radius 3 is 2.54 bits per heavy atom. The lowest BCUT2D eigenvalue weighted by atomic mass is 9.45. The second kappa shape index (κ2) is 5.29. The molecule has 24 heavy (non-hydrogen) atoms. The summed E-state index contributed by atoms with van der Waals surface area (Å²) in [7, 11) is 0. The minimum absolute atomic E-state index is 0.0797. The van der Waals surface area contributed by atoms with Gasteiger partial charge in [-0.3, -0.25) is 4.79 Å². The molecule has 2 heteroatoms. The van der Waals surface area contributed by atoms with E-state index in [2.05, 4.69) is 20.8 Å². The fraction of sp³-hybridized carbons (Fsp3) is 0.773. The molecule has 0 amide bonds. The summed E-state index contributed by atoms with van der Waals surface area (Å²) in [5.74, 6) is 3.02. The van der Waals surface area contributed by atoms with Crippen LogP contribution in [-0.2, 0) is 4.79 Å². The summed E-state index contributed by atoms with van der Waals surface area (Å²) in [4.78, 5) is 12.0. The van der Waals surface area contributed by atoms with Crippen LogP contribution >= 0.6 is 0 Å². The Labute approximate surface area is 145 Å². The molecule has 0 heterocycles. The normalized spacial score (nSPS) is 49.9. The number of rotatable bonds is 0. The standard InChI is InChI=1S/C22H31FO/c1-13-11-15-12-16(24)7-9-21(15,3)19-8-10-22(4)17(14(2)23)5-6-18(22)20(13)19/h12-13,18-20H,5-11H2,1-4H3/b17-14+/t13?,18?,19?,20?,21-,22+/m0/s1. The van der Waals surface area contributed by atoms with Gasteiger partial charge >= 0.3 is 0 Å². The molecule has 4 aliphatic rings. The number of allylic oxidation sites excluding steroid dienone is 3. The molecule has 0 radical (unpaired) electrons. The van der Waals surface area contributed by atoms with Crippen molar-refractivity contribution in [2.24, 2.45) is 34.5 Å². The smallest absolute Gasteiger partial charge is 0.155 e. The average Bonchev–Trinajstić information content (AvgIpc) is 2.86. The molecular weight excluding hydrogens is 299 g/mol. The largest absolute Gasteiger partial charge is 0.295 e. The molecule has 0 N–H and O–H groups in total. The summed E-state index contributed by atoms with van der Waals surface area (Å²) in [5.41, 5.74) is 2.83. The summed E-state index contributed by atoms with van der Waals surface area (Å²) < 4.78 is 14.2. The van der Waals surface area contributed by atoms with Crippen LogP contribution in [0.5, 0.6) is 0 Å². The van der Waals surface area contributed by atoms with E-state index in [-0.39, 0.29) is 16.7 Å². The quantitative estimate of drug-likeness (QED) is 0.532. The van der Waals surface area contributed by atoms with E-state index >= 15 is 0 Å². The van der Waals surface area contributed by atoms with Crippen molar-refractivity contribution in [2.75, 3.05) is 0 Å². The van der Waals surface area contributed by atoms with Gasteiger partial charge in [0.25, 0.3) is 0 Å². The summed E-state index contributed by atoms with van der Waals surface area (Å²) in [6.07, 6.45) is 9.23. The van der Waals surface area contributed by atoms with Crippen LogP contribution in [0, 0.1) is 34.5 Å². The Morgan fingerprint density at radius 2 is 1.83 bits per heavy atom. The second-order valence-corrected chi connectivity index (χ2v) is 9.53. The molecule has 1 nitrogen and oxygen atoms in total. The fourth-order valence-corrected chi connectivity index (χ4v) is 7.29. The number of fused-ring (bicyclic) bond motifs is 5. The zero-order valence-electron chi connectivity index (χ0n) is 15.6. The average molecular weight is 330 g/mol. The molecule has 0 bridgehead atoms. The number of ketones is 1. The molecule has 3 saturated carbocycles. The van der Waals surface area contributed by atoms with Crippen molar-refractivity contribution < 1.29 is 9.18 Å². The number of hydrogen-bond acceptors (Lipinski definition) is 1. The monoisotopic (exact) mass is 330 g/mol. The predicted octanol–water partition coefficient (Wildman–Crippen LogP) is 6.01. The first-order valence-electron chi connectivity index (χ1n) is 9.87. The summed E-state index contributed by atoms with van der Waals surface area (Å²) in [6, 6.07) is 0. The molecule has 4 rings (SSSR count). The van der Waals surface area contributed by atoms with Crippen LogP contribution in [0.1, 0.15) is 72.6 Å². The topological polar surface area (TPSA) is 17.1 Å². The highest BCUT2D eigenvalue weighted by molar-refractivity contribution is 5.91. The maximum atomic E-state index is 14.2. The summed E-state index contributed by atoms with van der Waals surface area (Å²) in [5, 5.41) is 0. The Balaban J connectivity index is 1.75. The van der Waals surface area contributed by atoms with Gasteiger partial charge in [-0.25, -0.2) is 4.39 Å². The molecule has 0 aromatic heterocycles. The minimum Gasteiger partial charge on any atom is -0.295 e. The van der Waals surface area contributed by atoms with Crippen molar-refractivity contribution >= 4 is 5.78 Å². The molecule has 0 aliphatic heterocycles. The minimum atomic E-state index is 0.0797. The van der Waals surface area contributed by atoms with E-state index in [4.69, 9.17) is 0 Å². The van der Waals surface area contributed by atoms with Crippen LogP contribution in [0.3, 0.4) is 0 Å². The third-order valence-electron chi connectivity index (χ3n) is 8.51. The highest BCUT2D eigenvalue weighted by atomic mass is 19.1. The van der Waals surface area contributed by atoms with Crippen molar-refractivity contribution in [1.82, 2.24) is 0 Å². The van der Waals surface area contributed by atoms with Crippen LogP contribution in [0.2, 0.25) is 0 Å². The van der Waals surface area contributed by atoms with Crippen molar-refractivity contribution in [3.63, 3.8) is 0 Å². The van der Waals surface area contributed by atoms with E-state index in [1.165, 1.54) is 12.0 Å². The maximum Gasteiger partial charge on any atom is 0.155 e. The Bertz CT molecular complexity index is 640. The molecule has 132 valence electrons. The molecule has 4 aliphatic carbocycles.